The first kappa shape index (κ1) is 10.1. The standard InChI is InChI=1S/C15H15N3/c1-2-5-11-10(4-1)8-12-13(14(11)12)9-18-15-16-6-3-7-17-15/h1-7,12-14H,8-9H2,(H,16,17,18)/t12-,13-,14+/m1/s1. The van der Waals surface area contributed by atoms with E-state index < -0.39 is 0 Å². The molecule has 0 radical (unpaired) electrons. The van der Waals surface area contributed by atoms with E-state index in [0.29, 0.717) is 0 Å². The lowest BCUT2D eigenvalue weighted by atomic mass is 10.0. The Balaban J connectivity index is 1.43. The highest BCUT2D eigenvalue weighted by atomic mass is 15.1. The van der Waals surface area contributed by atoms with Crippen LogP contribution in [0.2, 0.25) is 0 Å². The Morgan fingerprint density at radius 3 is 2.83 bits per heavy atom. The van der Waals surface area contributed by atoms with Gasteiger partial charge in [-0.2, -0.15) is 0 Å². The van der Waals surface area contributed by atoms with Crippen LogP contribution in [-0.2, 0) is 6.42 Å². The van der Waals surface area contributed by atoms with Crippen LogP contribution in [0.25, 0.3) is 0 Å². The van der Waals surface area contributed by atoms with Crippen molar-refractivity contribution in [1.82, 2.24) is 9.97 Å². The first-order valence-corrected chi connectivity index (χ1v) is 6.52. The molecule has 0 amide bonds. The molecule has 1 heterocycles. The fourth-order valence-electron chi connectivity index (χ4n) is 3.36. The van der Waals surface area contributed by atoms with Gasteiger partial charge in [-0.1, -0.05) is 24.3 Å². The molecule has 1 aromatic heterocycles. The summed E-state index contributed by atoms with van der Waals surface area (Å²) in [6.45, 7) is 0.994. The Labute approximate surface area is 106 Å². The molecule has 0 aliphatic heterocycles. The van der Waals surface area contributed by atoms with Crippen LogP contribution in [0.1, 0.15) is 17.0 Å². The third kappa shape index (κ3) is 1.50. The minimum absolute atomic E-state index is 0.746. The van der Waals surface area contributed by atoms with Gasteiger partial charge in [0.15, 0.2) is 0 Å². The van der Waals surface area contributed by atoms with Crippen LogP contribution in [0.5, 0.6) is 0 Å². The van der Waals surface area contributed by atoms with Crippen LogP contribution in [0.15, 0.2) is 42.7 Å². The summed E-state index contributed by atoms with van der Waals surface area (Å²) in [5.41, 5.74) is 3.13. The Morgan fingerprint density at radius 2 is 1.94 bits per heavy atom. The molecule has 0 bridgehead atoms. The lowest BCUT2D eigenvalue weighted by Gasteiger charge is -2.08. The molecule has 4 rings (SSSR count). The summed E-state index contributed by atoms with van der Waals surface area (Å²) in [6, 6.07) is 10.7. The largest absolute Gasteiger partial charge is 0.354 e. The van der Waals surface area contributed by atoms with Gasteiger partial charge in [0.1, 0.15) is 0 Å². The number of hydrogen-bond donors (Lipinski definition) is 1. The highest BCUT2D eigenvalue weighted by Gasteiger charge is 2.54. The minimum atomic E-state index is 0.746. The fraction of sp³-hybridized carbons (Fsp3) is 0.333. The molecule has 1 N–H and O–H groups in total. The van der Waals surface area contributed by atoms with E-state index in [4.69, 9.17) is 0 Å². The fourth-order valence-corrected chi connectivity index (χ4v) is 3.36. The summed E-state index contributed by atoms with van der Waals surface area (Å²) < 4.78 is 0. The average Bonchev–Trinajstić information content (AvgIpc) is 2.97. The first-order valence-electron chi connectivity index (χ1n) is 6.52. The van der Waals surface area contributed by atoms with E-state index in [1.54, 1.807) is 23.5 Å². The molecule has 3 atom stereocenters. The van der Waals surface area contributed by atoms with E-state index >= 15 is 0 Å². The normalized spacial score (nSPS) is 27.4. The third-order valence-electron chi connectivity index (χ3n) is 4.26. The Hall–Kier alpha value is -1.90. The van der Waals surface area contributed by atoms with E-state index in [0.717, 1.165) is 30.2 Å². The first-order chi connectivity index (χ1) is 8.93. The van der Waals surface area contributed by atoms with Crippen molar-refractivity contribution in [1.29, 1.82) is 0 Å². The molecule has 0 spiro atoms. The van der Waals surface area contributed by atoms with Crippen molar-refractivity contribution < 1.29 is 0 Å². The number of aromatic nitrogens is 2. The van der Waals surface area contributed by atoms with Gasteiger partial charge < -0.3 is 5.32 Å². The molecule has 3 nitrogen and oxygen atoms in total. The van der Waals surface area contributed by atoms with Gasteiger partial charge in [0.05, 0.1) is 0 Å². The predicted octanol–water partition coefficient (Wildman–Crippen LogP) is 2.47. The Kier molecular flexibility index (Phi) is 2.13. The SMILES string of the molecule is c1cnc(NC[C@@H]2[C@H]3Cc4ccccc4[C@H]23)nc1. The summed E-state index contributed by atoms with van der Waals surface area (Å²) in [4.78, 5) is 8.39. The van der Waals surface area contributed by atoms with Crippen LogP contribution in [0.4, 0.5) is 5.95 Å². The molecule has 1 aromatic carbocycles. The lowest BCUT2D eigenvalue weighted by Crippen LogP contribution is -2.10. The Bertz CT molecular complexity index is 567. The van der Waals surface area contributed by atoms with Crippen molar-refractivity contribution in [2.75, 3.05) is 11.9 Å². The molecule has 1 saturated carbocycles. The van der Waals surface area contributed by atoms with Gasteiger partial charge in [0, 0.05) is 18.9 Å². The quantitative estimate of drug-likeness (QED) is 0.891. The molecule has 0 saturated heterocycles. The van der Waals surface area contributed by atoms with Crippen molar-refractivity contribution >= 4 is 5.95 Å². The van der Waals surface area contributed by atoms with Crippen molar-refractivity contribution in [3.05, 3.63) is 53.9 Å². The van der Waals surface area contributed by atoms with Gasteiger partial charge in [-0.15, -0.1) is 0 Å². The average molecular weight is 237 g/mol. The minimum Gasteiger partial charge on any atom is -0.354 e. The van der Waals surface area contributed by atoms with Gasteiger partial charge in [0.2, 0.25) is 5.95 Å². The van der Waals surface area contributed by atoms with Gasteiger partial charge in [-0.3, -0.25) is 0 Å². The van der Waals surface area contributed by atoms with Gasteiger partial charge >= 0.3 is 0 Å². The summed E-state index contributed by atoms with van der Waals surface area (Å²) in [6.07, 6.45) is 4.81. The van der Waals surface area contributed by atoms with E-state index in [1.165, 1.54) is 6.42 Å². The number of rotatable bonds is 3. The highest BCUT2D eigenvalue weighted by Crippen LogP contribution is 2.61. The molecule has 2 aliphatic rings. The highest BCUT2D eigenvalue weighted by molar-refractivity contribution is 5.44. The molecule has 2 aliphatic carbocycles. The van der Waals surface area contributed by atoms with Crippen LogP contribution < -0.4 is 5.32 Å². The second kappa shape index (κ2) is 3.80. The summed E-state index contributed by atoms with van der Waals surface area (Å²) in [5, 5.41) is 3.34. The van der Waals surface area contributed by atoms with Crippen molar-refractivity contribution in [2.45, 2.75) is 12.3 Å². The molecule has 0 unspecified atom stereocenters. The topological polar surface area (TPSA) is 37.8 Å². The van der Waals surface area contributed by atoms with Crippen LogP contribution in [0, 0.1) is 11.8 Å². The molecular weight excluding hydrogens is 222 g/mol. The predicted molar refractivity (Wildman–Crippen MR) is 70.4 cm³/mol. The molecule has 90 valence electrons. The summed E-state index contributed by atoms with van der Waals surface area (Å²) >= 11 is 0. The number of fused-ring (bicyclic) bond motifs is 3. The zero-order valence-corrected chi connectivity index (χ0v) is 10.1. The maximum atomic E-state index is 4.19. The van der Waals surface area contributed by atoms with E-state index in [1.807, 2.05) is 6.07 Å². The van der Waals surface area contributed by atoms with E-state index in [9.17, 15) is 0 Å². The van der Waals surface area contributed by atoms with Crippen molar-refractivity contribution in [3.63, 3.8) is 0 Å². The zero-order chi connectivity index (χ0) is 11.9. The lowest BCUT2D eigenvalue weighted by molar-refractivity contribution is 0.716. The number of hydrogen-bond acceptors (Lipinski definition) is 3. The van der Waals surface area contributed by atoms with Crippen LogP contribution >= 0.6 is 0 Å². The van der Waals surface area contributed by atoms with Crippen molar-refractivity contribution in [3.8, 4) is 0 Å². The smallest absolute Gasteiger partial charge is 0.222 e. The maximum Gasteiger partial charge on any atom is 0.222 e. The molecule has 3 heteroatoms. The number of nitrogens with one attached hydrogen (secondary N) is 1. The molecular formula is C15H15N3. The van der Waals surface area contributed by atoms with Gasteiger partial charge in [-0.05, 0) is 41.4 Å². The number of benzene rings is 1. The second-order valence-electron chi connectivity index (χ2n) is 5.21. The number of nitrogens with zero attached hydrogens (tertiary/aromatic N) is 2. The van der Waals surface area contributed by atoms with Crippen LogP contribution in [0.3, 0.4) is 0 Å². The molecule has 1 fully saturated rings. The summed E-state index contributed by atoms with van der Waals surface area (Å²) in [5.74, 6) is 3.13. The van der Waals surface area contributed by atoms with Gasteiger partial charge in [-0.25, -0.2) is 9.97 Å². The monoisotopic (exact) mass is 237 g/mol. The zero-order valence-electron chi connectivity index (χ0n) is 10.1. The van der Waals surface area contributed by atoms with E-state index in [2.05, 4.69) is 39.6 Å². The third-order valence-corrected chi connectivity index (χ3v) is 4.26. The van der Waals surface area contributed by atoms with Crippen molar-refractivity contribution in [2.24, 2.45) is 11.8 Å². The summed E-state index contributed by atoms with van der Waals surface area (Å²) in [7, 11) is 0. The second-order valence-corrected chi connectivity index (χ2v) is 5.21. The Morgan fingerprint density at radius 1 is 1.11 bits per heavy atom. The van der Waals surface area contributed by atoms with Crippen LogP contribution in [-0.4, -0.2) is 16.5 Å². The number of anilines is 1. The van der Waals surface area contributed by atoms with E-state index in [-0.39, 0.29) is 0 Å². The van der Waals surface area contributed by atoms with Gasteiger partial charge in [0.25, 0.3) is 0 Å². The maximum absolute atomic E-state index is 4.19. The molecule has 2 aromatic rings. The molecule has 18 heavy (non-hydrogen) atoms.